The number of carbonyl (C=O) groups excluding carboxylic acids is 2. The fraction of sp³-hybridized carbons (Fsp3) is 0.320. The predicted octanol–water partition coefficient (Wildman–Crippen LogP) is 4.80. The first-order valence-electron chi connectivity index (χ1n) is 10.8. The molecule has 0 aliphatic carbocycles. The monoisotopic (exact) mass is 469 g/mol. The van der Waals surface area contributed by atoms with Crippen LogP contribution in [0.5, 0.6) is 0 Å². The molecule has 0 spiro atoms. The van der Waals surface area contributed by atoms with Crippen LogP contribution in [0.2, 0.25) is 0 Å². The molecule has 0 bridgehead atoms. The number of amides is 1. The van der Waals surface area contributed by atoms with Crippen molar-refractivity contribution in [2.75, 3.05) is 18.5 Å². The van der Waals surface area contributed by atoms with E-state index >= 15 is 0 Å². The van der Waals surface area contributed by atoms with Crippen LogP contribution < -0.4 is 10.6 Å². The molecule has 2 aromatic rings. The summed E-state index contributed by atoms with van der Waals surface area (Å²) in [7, 11) is 0. The van der Waals surface area contributed by atoms with Crippen molar-refractivity contribution >= 4 is 34.9 Å². The highest BCUT2D eigenvalue weighted by molar-refractivity contribution is 7.80. The van der Waals surface area contributed by atoms with Crippen LogP contribution in [0.15, 0.2) is 59.8 Å². The lowest BCUT2D eigenvalue weighted by Gasteiger charge is -2.37. The van der Waals surface area contributed by atoms with Crippen molar-refractivity contribution in [3.63, 3.8) is 0 Å². The number of hydrogen-bond donors (Lipinski definition) is 2. The van der Waals surface area contributed by atoms with Crippen molar-refractivity contribution in [3.8, 4) is 0 Å². The Morgan fingerprint density at radius 1 is 1.18 bits per heavy atom. The minimum atomic E-state index is -0.586. The average molecular weight is 470 g/mol. The van der Waals surface area contributed by atoms with Crippen LogP contribution in [0.25, 0.3) is 0 Å². The van der Waals surface area contributed by atoms with Crippen LogP contribution >= 0.6 is 12.2 Å². The second-order valence-electron chi connectivity index (χ2n) is 8.17. The topological polar surface area (TPSA) is 70.7 Å². The van der Waals surface area contributed by atoms with Crippen molar-refractivity contribution in [1.29, 1.82) is 0 Å². The fourth-order valence-electron chi connectivity index (χ4n) is 3.60. The standard InChI is InChI=1S/C25H28FN3O3S/c1-5-29-16(4)21(24(31)32-14-15(2)3)22(28-25(29)33)17-10-12-18(13-11-17)27-23(30)19-8-6-7-9-20(19)26/h6-13,15,22H,5,14H2,1-4H3,(H,27,30)(H,28,33). The number of hydrogen-bond acceptors (Lipinski definition) is 4. The maximum absolute atomic E-state index is 13.9. The Labute approximate surface area is 198 Å². The number of rotatable bonds is 7. The Morgan fingerprint density at radius 3 is 2.45 bits per heavy atom. The number of nitrogens with one attached hydrogen (secondary N) is 2. The SMILES string of the molecule is CCN1C(=S)NC(c2ccc(NC(=O)c3ccccc3F)cc2)C(C(=O)OCC(C)C)=C1C. The van der Waals surface area contributed by atoms with Gasteiger partial charge < -0.3 is 20.3 Å². The fourth-order valence-corrected chi connectivity index (χ4v) is 3.98. The van der Waals surface area contributed by atoms with Gasteiger partial charge in [0.05, 0.1) is 23.8 Å². The molecule has 3 rings (SSSR count). The highest BCUT2D eigenvalue weighted by atomic mass is 32.1. The molecule has 0 saturated carbocycles. The molecule has 1 heterocycles. The molecule has 1 aliphatic rings. The average Bonchev–Trinajstić information content (AvgIpc) is 2.78. The van der Waals surface area contributed by atoms with E-state index in [1.54, 1.807) is 30.3 Å². The van der Waals surface area contributed by atoms with Crippen molar-refractivity contribution in [2.24, 2.45) is 5.92 Å². The van der Waals surface area contributed by atoms with Gasteiger partial charge in [0.25, 0.3) is 5.91 Å². The second-order valence-corrected chi connectivity index (χ2v) is 8.56. The first-order chi connectivity index (χ1) is 15.7. The third-order valence-electron chi connectivity index (χ3n) is 5.30. The number of benzene rings is 2. The summed E-state index contributed by atoms with van der Waals surface area (Å²) in [5.74, 6) is -1.30. The zero-order chi connectivity index (χ0) is 24.1. The third-order valence-corrected chi connectivity index (χ3v) is 5.64. The van der Waals surface area contributed by atoms with Crippen LogP contribution in [0.3, 0.4) is 0 Å². The number of anilines is 1. The van der Waals surface area contributed by atoms with Crippen molar-refractivity contribution < 1.29 is 18.7 Å². The van der Waals surface area contributed by atoms with Gasteiger partial charge in [0.2, 0.25) is 0 Å². The molecule has 174 valence electrons. The number of carbonyl (C=O) groups is 2. The van der Waals surface area contributed by atoms with Crippen LogP contribution in [-0.4, -0.2) is 35.0 Å². The number of esters is 1. The molecule has 0 aromatic heterocycles. The lowest BCUT2D eigenvalue weighted by atomic mass is 9.94. The first kappa shape index (κ1) is 24.4. The number of thiocarbonyl (C=S) groups is 1. The van der Waals surface area contributed by atoms with Crippen LogP contribution in [0.4, 0.5) is 10.1 Å². The summed E-state index contributed by atoms with van der Waals surface area (Å²) in [6.07, 6.45) is 0. The maximum atomic E-state index is 13.9. The third kappa shape index (κ3) is 5.57. The summed E-state index contributed by atoms with van der Waals surface area (Å²) in [5.41, 5.74) is 2.50. The Morgan fingerprint density at radius 2 is 1.85 bits per heavy atom. The first-order valence-corrected chi connectivity index (χ1v) is 11.3. The number of nitrogens with zero attached hydrogens (tertiary/aromatic N) is 1. The van der Waals surface area contributed by atoms with Gasteiger partial charge >= 0.3 is 5.97 Å². The molecule has 0 radical (unpaired) electrons. The quantitative estimate of drug-likeness (QED) is 0.448. The summed E-state index contributed by atoms with van der Waals surface area (Å²) in [6, 6.07) is 12.3. The van der Waals surface area contributed by atoms with E-state index in [-0.39, 0.29) is 11.5 Å². The van der Waals surface area contributed by atoms with Gasteiger partial charge in [-0.2, -0.15) is 0 Å². The zero-order valence-corrected chi connectivity index (χ0v) is 20.0. The Bertz CT molecular complexity index is 1080. The summed E-state index contributed by atoms with van der Waals surface area (Å²) < 4.78 is 19.4. The molecule has 1 unspecified atom stereocenters. The van der Waals surface area contributed by atoms with E-state index in [9.17, 15) is 14.0 Å². The highest BCUT2D eigenvalue weighted by Gasteiger charge is 2.34. The van der Waals surface area contributed by atoms with Crippen LogP contribution in [0, 0.1) is 11.7 Å². The van der Waals surface area contributed by atoms with Gasteiger partial charge in [0.15, 0.2) is 5.11 Å². The summed E-state index contributed by atoms with van der Waals surface area (Å²) >= 11 is 5.51. The lowest BCUT2D eigenvalue weighted by Crippen LogP contribution is -2.47. The van der Waals surface area contributed by atoms with Crippen LogP contribution in [-0.2, 0) is 9.53 Å². The zero-order valence-electron chi connectivity index (χ0n) is 19.1. The molecular weight excluding hydrogens is 441 g/mol. The van der Waals surface area contributed by atoms with E-state index in [0.29, 0.717) is 29.5 Å². The molecule has 0 saturated heterocycles. The van der Waals surface area contributed by atoms with E-state index in [1.807, 2.05) is 32.6 Å². The lowest BCUT2D eigenvalue weighted by molar-refractivity contribution is -0.140. The predicted molar refractivity (Wildman–Crippen MR) is 130 cm³/mol. The molecule has 2 N–H and O–H groups in total. The summed E-state index contributed by atoms with van der Waals surface area (Å²) in [5, 5.41) is 6.46. The Kier molecular flexibility index (Phi) is 7.81. The summed E-state index contributed by atoms with van der Waals surface area (Å²) in [6.45, 7) is 8.71. The molecule has 1 aliphatic heterocycles. The molecule has 0 fully saturated rings. The number of halogens is 1. The highest BCUT2D eigenvalue weighted by Crippen LogP contribution is 2.32. The van der Waals surface area contributed by atoms with Crippen molar-refractivity contribution in [3.05, 3.63) is 76.7 Å². The van der Waals surface area contributed by atoms with Gasteiger partial charge in [-0.05, 0) is 61.8 Å². The Hall–Kier alpha value is -3.26. The normalized spacial score (nSPS) is 16.0. The van der Waals surface area contributed by atoms with E-state index in [1.165, 1.54) is 18.2 Å². The van der Waals surface area contributed by atoms with Crippen molar-refractivity contribution in [1.82, 2.24) is 10.2 Å². The van der Waals surface area contributed by atoms with Gasteiger partial charge in [-0.15, -0.1) is 0 Å². The molecule has 8 heteroatoms. The molecular formula is C25H28FN3O3S. The van der Waals surface area contributed by atoms with Gasteiger partial charge in [-0.3, -0.25) is 4.79 Å². The van der Waals surface area contributed by atoms with Gasteiger partial charge in [-0.25, -0.2) is 9.18 Å². The number of allylic oxidation sites excluding steroid dienone is 1. The van der Waals surface area contributed by atoms with E-state index in [2.05, 4.69) is 10.6 Å². The van der Waals surface area contributed by atoms with E-state index < -0.39 is 23.7 Å². The molecule has 2 aromatic carbocycles. The molecule has 6 nitrogen and oxygen atoms in total. The number of ether oxygens (including phenoxy) is 1. The van der Waals surface area contributed by atoms with Crippen molar-refractivity contribution in [2.45, 2.75) is 33.7 Å². The minimum absolute atomic E-state index is 0.0331. The smallest absolute Gasteiger partial charge is 0.338 e. The van der Waals surface area contributed by atoms with Gasteiger partial charge in [-0.1, -0.05) is 38.1 Å². The minimum Gasteiger partial charge on any atom is -0.462 e. The molecule has 1 atom stereocenters. The van der Waals surface area contributed by atoms with Gasteiger partial charge in [0.1, 0.15) is 5.82 Å². The van der Waals surface area contributed by atoms with E-state index in [0.717, 1.165) is 11.3 Å². The van der Waals surface area contributed by atoms with Gasteiger partial charge in [0, 0.05) is 17.9 Å². The molecule has 33 heavy (non-hydrogen) atoms. The largest absolute Gasteiger partial charge is 0.462 e. The second kappa shape index (κ2) is 10.6. The molecule has 1 amide bonds. The van der Waals surface area contributed by atoms with E-state index in [4.69, 9.17) is 17.0 Å². The maximum Gasteiger partial charge on any atom is 0.338 e. The summed E-state index contributed by atoms with van der Waals surface area (Å²) in [4.78, 5) is 27.2. The van der Waals surface area contributed by atoms with Crippen LogP contribution in [0.1, 0.15) is 49.7 Å². The Balaban J connectivity index is 1.86.